The molecule has 0 spiro atoms. The average molecular weight is 277 g/mol. The van der Waals surface area contributed by atoms with Crippen molar-refractivity contribution >= 4 is 23.0 Å². The van der Waals surface area contributed by atoms with Gasteiger partial charge in [-0.05, 0) is 29.8 Å². The molecule has 0 amide bonds. The Morgan fingerprint density at radius 1 is 1.16 bits per heavy atom. The number of hydrogen-bond acceptors (Lipinski definition) is 4. The molecule has 4 nitrogen and oxygen atoms in total. The third kappa shape index (κ3) is 2.39. The van der Waals surface area contributed by atoms with Gasteiger partial charge in [-0.2, -0.15) is 0 Å². The minimum Gasteiger partial charge on any atom is -0.454 e. The van der Waals surface area contributed by atoms with Gasteiger partial charge < -0.3 is 20.5 Å². The van der Waals surface area contributed by atoms with Gasteiger partial charge in [0.05, 0.1) is 16.4 Å². The van der Waals surface area contributed by atoms with E-state index in [1.165, 1.54) is 0 Å². The van der Waals surface area contributed by atoms with Gasteiger partial charge in [0.25, 0.3) is 0 Å². The van der Waals surface area contributed by atoms with Crippen LogP contribution in [0.5, 0.6) is 11.5 Å². The van der Waals surface area contributed by atoms with Gasteiger partial charge in [-0.3, -0.25) is 0 Å². The standard InChI is InChI=1S/C14H13ClN2O2/c15-10-2-1-3-11(16)14(10)17-7-9-4-5-12-13(6-9)19-8-18-12/h1-6,17H,7-8,16H2. The smallest absolute Gasteiger partial charge is 0.231 e. The summed E-state index contributed by atoms with van der Waals surface area (Å²) in [5, 5.41) is 3.85. The molecule has 2 aromatic rings. The highest BCUT2D eigenvalue weighted by Gasteiger charge is 2.13. The number of ether oxygens (including phenoxy) is 2. The molecular weight excluding hydrogens is 264 g/mol. The molecule has 0 saturated carbocycles. The highest BCUT2D eigenvalue weighted by molar-refractivity contribution is 6.33. The van der Waals surface area contributed by atoms with E-state index in [0.29, 0.717) is 17.3 Å². The number of nitrogen functional groups attached to an aromatic ring is 1. The van der Waals surface area contributed by atoms with Crippen molar-refractivity contribution in [2.24, 2.45) is 0 Å². The molecule has 0 fully saturated rings. The van der Waals surface area contributed by atoms with Gasteiger partial charge in [0.15, 0.2) is 11.5 Å². The maximum absolute atomic E-state index is 6.10. The summed E-state index contributed by atoms with van der Waals surface area (Å²) in [6.45, 7) is 0.897. The summed E-state index contributed by atoms with van der Waals surface area (Å²) < 4.78 is 10.6. The van der Waals surface area contributed by atoms with E-state index in [-0.39, 0.29) is 6.79 Å². The number of fused-ring (bicyclic) bond motifs is 1. The average Bonchev–Trinajstić information content (AvgIpc) is 2.85. The van der Waals surface area contributed by atoms with E-state index in [4.69, 9.17) is 26.8 Å². The fraction of sp³-hybridized carbons (Fsp3) is 0.143. The lowest BCUT2D eigenvalue weighted by molar-refractivity contribution is 0.174. The molecule has 0 unspecified atom stereocenters. The monoisotopic (exact) mass is 276 g/mol. The highest BCUT2D eigenvalue weighted by Crippen LogP contribution is 2.33. The SMILES string of the molecule is Nc1cccc(Cl)c1NCc1ccc2c(c1)OCO2. The van der Waals surface area contributed by atoms with Gasteiger partial charge >= 0.3 is 0 Å². The van der Waals surface area contributed by atoms with Gasteiger partial charge in [0.2, 0.25) is 6.79 Å². The molecule has 5 heteroatoms. The first-order chi connectivity index (χ1) is 9.24. The van der Waals surface area contributed by atoms with Crippen molar-refractivity contribution in [1.29, 1.82) is 0 Å². The number of hydrogen-bond donors (Lipinski definition) is 2. The molecule has 0 bridgehead atoms. The summed E-state index contributed by atoms with van der Waals surface area (Å²) >= 11 is 6.10. The van der Waals surface area contributed by atoms with Gasteiger partial charge in [-0.25, -0.2) is 0 Å². The van der Waals surface area contributed by atoms with Crippen LogP contribution in [0.2, 0.25) is 5.02 Å². The maximum Gasteiger partial charge on any atom is 0.231 e. The van der Waals surface area contributed by atoms with Crippen molar-refractivity contribution in [2.45, 2.75) is 6.54 Å². The van der Waals surface area contributed by atoms with Crippen molar-refractivity contribution in [3.8, 4) is 11.5 Å². The summed E-state index contributed by atoms with van der Waals surface area (Å²) in [6.07, 6.45) is 0. The van der Waals surface area contributed by atoms with Crippen LogP contribution < -0.4 is 20.5 Å². The topological polar surface area (TPSA) is 56.5 Å². The summed E-state index contributed by atoms with van der Waals surface area (Å²) in [5.41, 5.74) is 8.34. The number of nitrogens with one attached hydrogen (secondary N) is 1. The molecular formula is C14H13ClN2O2. The fourth-order valence-electron chi connectivity index (χ4n) is 1.97. The number of anilines is 2. The van der Waals surface area contributed by atoms with E-state index < -0.39 is 0 Å². The molecule has 98 valence electrons. The van der Waals surface area contributed by atoms with E-state index in [2.05, 4.69) is 5.32 Å². The molecule has 0 atom stereocenters. The molecule has 2 aromatic carbocycles. The molecule has 1 aliphatic rings. The molecule has 0 aliphatic carbocycles. The van der Waals surface area contributed by atoms with Gasteiger partial charge in [-0.1, -0.05) is 23.7 Å². The van der Waals surface area contributed by atoms with Crippen LogP contribution in [-0.4, -0.2) is 6.79 Å². The van der Waals surface area contributed by atoms with Crippen molar-refractivity contribution in [2.75, 3.05) is 17.8 Å². The lowest BCUT2D eigenvalue weighted by Crippen LogP contribution is -2.03. The van der Waals surface area contributed by atoms with Crippen LogP contribution in [0.25, 0.3) is 0 Å². The number of benzene rings is 2. The molecule has 3 N–H and O–H groups in total. The lowest BCUT2D eigenvalue weighted by atomic mass is 10.2. The lowest BCUT2D eigenvalue weighted by Gasteiger charge is -2.11. The second-order valence-corrected chi connectivity index (χ2v) is 4.65. The van der Waals surface area contributed by atoms with Gasteiger partial charge in [0.1, 0.15) is 0 Å². The Kier molecular flexibility index (Phi) is 3.09. The minimum absolute atomic E-state index is 0.281. The van der Waals surface area contributed by atoms with Crippen molar-refractivity contribution in [1.82, 2.24) is 0 Å². The van der Waals surface area contributed by atoms with Crippen LogP contribution in [-0.2, 0) is 6.54 Å². The van der Waals surface area contributed by atoms with E-state index in [1.807, 2.05) is 30.3 Å². The molecule has 3 rings (SSSR count). The number of halogens is 1. The largest absolute Gasteiger partial charge is 0.454 e. The van der Waals surface area contributed by atoms with Crippen molar-refractivity contribution in [3.05, 3.63) is 47.0 Å². The summed E-state index contributed by atoms with van der Waals surface area (Å²) in [4.78, 5) is 0. The van der Waals surface area contributed by atoms with Crippen LogP contribution >= 0.6 is 11.6 Å². The predicted octanol–water partition coefficient (Wildman–Crippen LogP) is 3.26. The van der Waals surface area contributed by atoms with Gasteiger partial charge in [0, 0.05) is 6.54 Å². The zero-order valence-electron chi connectivity index (χ0n) is 10.2. The summed E-state index contributed by atoms with van der Waals surface area (Å²) in [5.74, 6) is 1.55. The number of para-hydroxylation sites is 1. The van der Waals surface area contributed by atoms with Crippen LogP contribution in [0.15, 0.2) is 36.4 Å². The van der Waals surface area contributed by atoms with E-state index in [1.54, 1.807) is 6.07 Å². The normalized spacial score (nSPS) is 12.5. The number of rotatable bonds is 3. The van der Waals surface area contributed by atoms with Crippen molar-refractivity contribution < 1.29 is 9.47 Å². The van der Waals surface area contributed by atoms with E-state index in [9.17, 15) is 0 Å². The number of nitrogens with two attached hydrogens (primary N) is 1. The minimum atomic E-state index is 0.281. The Balaban J connectivity index is 1.76. The predicted molar refractivity (Wildman–Crippen MR) is 75.8 cm³/mol. The molecule has 1 heterocycles. The second kappa shape index (κ2) is 4.90. The fourth-order valence-corrected chi connectivity index (χ4v) is 2.22. The Hall–Kier alpha value is -2.07. The quantitative estimate of drug-likeness (QED) is 0.845. The zero-order valence-corrected chi connectivity index (χ0v) is 10.9. The Labute approximate surface area is 116 Å². The van der Waals surface area contributed by atoms with Crippen LogP contribution in [0.4, 0.5) is 11.4 Å². The molecule has 0 saturated heterocycles. The van der Waals surface area contributed by atoms with Crippen LogP contribution in [0.3, 0.4) is 0 Å². The third-order valence-electron chi connectivity index (χ3n) is 2.95. The Bertz CT molecular complexity index is 596. The van der Waals surface area contributed by atoms with Crippen LogP contribution in [0, 0.1) is 0 Å². The zero-order chi connectivity index (χ0) is 13.2. The van der Waals surface area contributed by atoms with E-state index in [0.717, 1.165) is 22.7 Å². The second-order valence-electron chi connectivity index (χ2n) is 4.25. The van der Waals surface area contributed by atoms with Crippen molar-refractivity contribution in [3.63, 3.8) is 0 Å². The Morgan fingerprint density at radius 3 is 2.84 bits per heavy atom. The first-order valence-electron chi connectivity index (χ1n) is 5.90. The summed E-state index contributed by atoms with van der Waals surface area (Å²) in [7, 11) is 0. The molecule has 19 heavy (non-hydrogen) atoms. The van der Waals surface area contributed by atoms with Gasteiger partial charge in [-0.15, -0.1) is 0 Å². The molecule has 1 aliphatic heterocycles. The molecule has 0 aromatic heterocycles. The third-order valence-corrected chi connectivity index (χ3v) is 3.27. The highest BCUT2D eigenvalue weighted by atomic mass is 35.5. The molecule has 0 radical (unpaired) electrons. The van der Waals surface area contributed by atoms with Crippen LogP contribution in [0.1, 0.15) is 5.56 Å². The van der Waals surface area contributed by atoms with E-state index >= 15 is 0 Å². The maximum atomic E-state index is 6.10. The first-order valence-corrected chi connectivity index (χ1v) is 6.28. The Morgan fingerprint density at radius 2 is 2.00 bits per heavy atom. The first kappa shape index (κ1) is 12.0. The summed E-state index contributed by atoms with van der Waals surface area (Å²) in [6, 6.07) is 11.3.